The van der Waals surface area contributed by atoms with Crippen molar-refractivity contribution in [2.45, 2.75) is 45.6 Å². The Morgan fingerprint density at radius 1 is 1.28 bits per heavy atom. The lowest BCUT2D eigenvalue weighted by molar-refractivity contribution is -0.142. The standard InChI is InChI=1S/C13H24N2O3/c1-8(13(17)18)9(2)15-12(16)11-5-3-10(7-14)4-6-11/h8-11H,3-7,14H2,1-2H3,(H,15,16)(H,17,18). The molecule has 2 atom stereocenters. The molecule has 1 aliphatic carbocycles. The molecule has 2 unspecified atom stereocenters. The smallest absolute Gasteiger partial charge is 0.308 e. The minimum Gasteiger partial charge on any atom is -0.481 e. The van der Waals surface area contributed by atoms with Crippen molar-refractivity contribution in [3.8, 4) is 0 Å². The van der Waals surface area contributed by atoms with Gasteiger partial charge in [-0.1, -0.05) is 0 Å². The van der Waals surface area contributed by atoms with Crippen LogP contribution in [0.5, 0.6) is 0 Å². The van der Waals surface area contributed by atoms with E-state index in [2.05, 4.69) is 5.32 Å². The van der Waals surface area contributed by atoms with Crippen molar-refractivity contribution in [1.29, 1.82) is 0 Å². The number of carbonyl (C=O) groups is 2. The summed E-state index contributed by atoms with van der Waals surface area (Å²) in [6.07, 6.45) is 3.72. The van der Waals surface area contributed by atoms with E-state index in [4.69, 9.17) is 10.8 Å². The first-order valence-electron chi connectivity index (χ1n) is 6.69. The largest absolute Gasteiger partial charge is 0.481 e. The van der Waals surface area contributed by atoms with Crippen LogP contribution in [0.15, 0.2) is 0 Å². The van der Waals surface area contributed by atoms with E-state index in [0.29, 0.717) is 12.5 Å². The first-order chi connectivity index (χ1) is 8.45. The fraction of sp³-hybridized carbons (Fsp3) is 0.846. The molecule has 4 N–H and O–H groups in total. The van der Waals surface area contributed by atoms with Crippen LogP contribution in [0.1, 0.15) is 39.5 Å². The van der Waals surface area contributed by atoms with Crippen LogP contribution in [0.25, 0.3) is 0 Å². The summed E-state index contributed by atoms with van der Waals surface area (Å²) in [7, 11) is 0. The zero-order valence-corrected chi connectivity index (χ0v) is 11.2. The highest BCUT2D eigenvalue weighted by molar-refractivity contribution is 5.80. The summed E-state index contributed by atoms with van der Waals surface area (Å²) in [5, 5.41) is 11.7. The lowest BCUT2D eigenvalue weighted by Crippen LogP contribution is -2.43. The second-order valence-electron chi connectivity index (χ2n) is 5.38. The number of nitrogens with one attached hydrogen (secondary N) is 1. The first kappa shape index (κ1) is 15.0. The van der Waals surface area contributed by atoms with E-state index in [1.54, 1.807) is 13.8 Å². The normalized spacial score (nSPS) is 27.3. The van der Waals surface area contributed by atoms with Gasteiger partial charge in [0.25, 0.3) is 0 Å². The third-order valence-corrected chi connectivity index (χ3v) is 4.06. The molecule has 1 rings (SSSR count). The molecular formula is C13H24N2O3. The molecular weight excluding hydrogens is 232 g/mol. The van der Waals surface area contributed by atoms with Crippen molar-refractivity contribution in [3.63, 3.8) is 0 Å². The Morgan fingerprint density at radius 2 is 1.83 bits per heavy atom. The Bertz CT molecular complexity index is 299. The summed E-state index contributed by atoms with van der Waals surface area (Å²) in [6, 6.07) is -0.331. The fourth-order valence-corrected chi connectivity index (χ4v) is 2.34. The van der Waals surface area contributed by atoms with Crippen LogP contribution in [0.2, 0.25) is 0 Å². The average molecular weight is 256 g/mol. The molecule has 0 bridgehead atoms. The number of rotatable bonds is 5. The maximum atomic E-state index is 12.0. The molecule has 0 radical (unpaired) electrons. The summed E-state index contributed by atoms with van der Waals surface area (Å²) in [5.41, 5.74) is 5.61. The number of amides is 1. The molecule has 0 aliphatic heterocycles. The number of carboxylic acids is 1. The number of aliphatic carboxylic acids is 1. The van der Waals surface area contributed by atoms with Crippen LogP contribution in [-0.4, -0.2) is 29.6 Å². The van der Waals surface area contributed by atoms with Crippen LogP contribution in [0.3, 0.4) is 0 Å². The summed E-state index contributed by atoms with van der Waals surface area (Å²) in [5.74, 6) is -0.879. The van der Waals surface area contributed by atoms with Gasteiger partial charge in [0.2, 0.25) is 5.91 Å². The van der Waals surface area contributed by atoms with Gasteiger partial charge in [-0.2, -0.15) is 0 Å². The minimum atomic E-state index is -0.880. The van der Waals surface area contributed by atoms with Crippen molar-refractivity contribution < 1.29 is 14.7 Å². The van der Waals surface area contributed by atoms with E-state index in [9.17, 15) is 9.59 Å². The van der Waals surface area contributed by atoms with Gasteiger partial charge in [-0.3, -0.25) is 9.59 Å². The van der Waals surface area contributed by atoms with Gasteiger partial charge in [0.05, 0.1) is 5.92 Å². The highest BCUT2D eigenvalue weighted by Crippen LogP contribution is 2.28. The highest BCUT2D eigenvalue weighted by atomic mass is 16.4. The first-order valence-corrected chi connectivity index (χ1v) is 6.69. The zero-order valence-electron chi connectivity index (χ0n) is 11.2. The van der Waals surface area contributed by atoms with Gasteiger partial charge in [0.15, 0.2) is 0 Å². The van der Waals surface area contributed by atoms with Crippen molar-refractivity contribution in [1.82, 2.24) is 5.32 Å². The van der Waals surface area contributed by atoms with Crippen molar-refractivity contribution in [3.05, 3.63) is 0 Å². The second kappa shape index (κ2) is 6.73. The molecule has 1 aliphatic rings. The molecule has 0 aromatic heterocycles. The third-order valence-electron chi connectivity index (χ3n) is 4.06. The molecule has 0 aromatic rings. The monoisotopic (exact) mass is 256 g/mol. The van der Waals surface area contributed by atoms with Gasteiger partial charge in [0.1, 0.15) is 0 Å². The molecule has 1 amide bonds. The molecule has 0 heterocycles. The fourth-order valence-electron chi connectivity index (χ4n) is 2.34. The molecule has 1 fully saturated rings. The number of carboxylic acid groups (broad SMARTS) is 1. The van der Waals surface area contributed by atoms with Crippen molar-refractivity contribution >= 4 is 11.9 Å². The lowest BCUT2D eigenvalue weighted by Gasteiger charge is -2.28. The molecule has 18 heavy (non-hydrogen) atoms. The third kappa shape index (κ3) is 3.98. The zero-order chi connectivity index (χ0) is 13.7. The summed E-state index contributed by atoms with van der Waals surface area (Å²) in [4.78, 5) is 22.8. The van der Waals surface area contributed by atoms with Crippen molar-refractivity contribution in [2.75, 3.05) is 6.54 Å². The van der Waals surface area contributed by atoms with Gasteiger partial charge in [-0.05, 0) is 52.0 Å². The van der Waals surface area contributed by atoms with E-state index >= 15 is 0 Å². The predicted molar refractivity (Wildman–Crippen MR) is 68.9 cm³/mol. The molecule has 104 valence electrons. The molecule has 5 nitrogen and oxygen atoms in total. The van der Waals surface area contributed by atoms with Crippen LogP contribution in [-0.2, 0) is 9.59 Å². The van der Waals surface area contributed by atoms with Crippen LogP contribution < -0.4 is 11.1 Å². The summed E-state index contributed by atoms with van der Waals surface area (Å²) < 4.78 is 0. The predicted octanol–water partition coefficient (Wildman–Crippen LogP) is 0.977. The Morgan fingerprint density at radius 3 is 2.28 bits per heavy atom. The quantitative estimate of drug-likeness (QED) is 0.683. The maximum Gasteiger partial charge on any atom is 0.308 e. The molecule has 0 spiro atoms. The number of hydrogen-bond acceptors (Lipinski definition) is 3. The van der Waals surface area contributed by atoms with E-state index in [0.717, 1.165) is 25.7 Å². The van der Waals surface area contributed by atoms with Gasteiger partial charge in [-0.25, -0.2) is 0 Å². The molecule has 5 heteroatoms. The van der Waals surface area contributed by atoms with Crippen LogP contribution >= 0.6 is 0 Å². The SMILES string of the molecule is CC(NC(=O)C1CCC(CN)CC1)C(C)C(=O)O. The summed E-state index contributed by atoms with van der Waals surface area (Å²) >= 11 is 0. The molecule has 0 saturated heterocycles. The Labute approximate surface area is 108 Å². The van der Waals surface area contributed by atoms with Gasteiger partial charge < -0.3 is 16.2 Å². The maximum absolute atomic E-state index is 12.0. The second-order valence-corrected chi connectivity index (χ2v) is 5.38. The van der Waals surface area contributed by atoms with Gasteiger partial charge in [-0.15, -0.1) is 0 Å². The number of carbonyl (C=O) groups excluding carboxylic acids is 1. The van der Waals surface area contributed by atoms with Crippen LogP contribution in [0, 0.1) is 17.8 Å². The van der Waals surface area contributed by atoms with Crippen LogP contribution in [0.4, 0.5) is 0 Å². The van der Waals surface area contributed by atoms with E-state index in [-0.39, 0.29) is 17.9 Å². The summed E-state index contributed by atoms with van der Waals surface area (Å²) in [6.45, 7) is 4.04. The minimum absolute atomic E-state index is 0.00827. The molecule has 1 saturated carbocycles. The van der Waals surface area contributed by atoms with Gasteiger partial charge >= 0.3 is 5.97 Å². The Kier molecular flexibility index (Phi) is 5.59. The average Bonchev–Trinajstić information content (AvgIpc) is 2.37. The van der Waals surface area contributed by atoms with E-state index < -0.39 is 11.9 Å². The number of hydrogen-bond donors (Lipinski definition) is 3. The topological polar surface area (TPSA) is 92.4 Å². The van der Waals surface area contributed by atoms with E-state index in [1.165, 1.54) is 0 Å². The Hall–Kier alpha value is -1.10. The van der Waals surface area contributed by atoms with Crippen molar-refractivity contribution in [2.24, 2.45) is 23.5 Å². The number of nitrogens with two attached hydrogens (primary N) is 1. The van der Waals surface area contributed by atoms with E-state index in [1.807, 2.05) is 0 Å². The van der Waals surface area contributed by atoms with Gasteiger partial charge in [0, 0.05) is 12.0 Å². The Balaban J connectivity index is 2.39. The highest BCUT2D eigenvalue weighted by Gasteiger charge is 2.28. The lowest BCUT2D eigenvalue weighted by atomic mass is 9.81. The molecule has 0 aromatic carbocycles.